The summed E-state index contributed by atoms with van der Waals surface area (Å²) in [5, 5.41) is 13.4. The Hall–Kier alpha value is -2.86. The molecule has 6 heteroatoms. The van der Waals surface area contributed by atoms with Gasteiger partial charge in [-0.25, -0.2) is 4.79 Å². The van der Waals surface area contributed by atoms with E-state index < -0.39 is 12.1 Å². The van der Waals surface area contributed by atoms with Crippen LogP contribution in [0.15, 0.2) is 47.6 Å². The number of ether oxygens (including phenoxy) is 2. The lowest BCUT2D eigenvalue weighted by molar-refractivity contribution is -0.149. The molecule has 0 amide bonds. The van der Waals surface area contributed by atoms with Crippen molar-refractivity contribution >= 4 is 11.7 Å². The number of hydrogen-bond donors (Lipinski definition) is 1. The Bertz CT molecular complexity index is 830. The van der Waals surface area contributed by atoms with Crippen molar-refractivity contribution in [3.8, 4) is 5.75 Å². The Balaban J connectivity index is 2.05. The molecule has 0 saturated heterocycles. The van der Waals surface area contributed by atoms with Gasteiger partial charge in [0.15, 0.2) is 6.10 Å². The number of benzene rings is 2. The average Bonchev–Trinajstić information content (AvgIpc) is 2.71. The van der Waals surface area contributed by atoms with E-state index in [1.165, 1.54) is 11.1 Å². The molecule has 0 aromatic heterocycles. The predicted octanol–water partition coefficient (Wildman–Crippen LogP) is 4.16. The van der Waals surface area contributed by atoms with Gasteiger partial charge in [0.25, 0.3) is 0 Å². The minimum Gasteiger partial charge on any atom is -0.487 e. The maximum Gasteiger partial charge on any atom is 0.333 e. The van der Waals surface area contributed by atoms with E-state index in [1.807, 2.05) is 37.3 Å². The number of aryl methyl sites for hydroxylation is 2. The first-order chi connectivity index (χ1) is 13.9. The molecule has 156 valence electrons. The normalized spacial score (nSPS) is 12.5. The van der Waals surface area contributed by atoms with Gasteiger partial charge >= 0.3 is 5.97 Å². The van der Waals surface area contributed by atoms with Gasteiger partial charge in [-0.15, -0.1) is 0 Å². The summed E-state index contributed by atoms with van der Waals surface area (Å²) < 4.78 is 11.1. The molecule has 29 heavy (non-hydrogen) atoms. The zero-order chi connectivity index (χ0) is 21.2. The molecular weight excluding hydrogens is 370 g/mol. The smallest absolute Gasteiger partial charge is 0.333 e. The number of nitrogens with zero attached hydrogens (tertiary/aromatic N) is 1. The maximum absolute atomic E-state index is 11.2. The van der Waals surface area contributed by atoms with Gasteiger partial charge in [-0.05, 0) is 62.6 Å². The molecule has 0 aliphatic heterocycles. The molecule has 0 heterocycles. The Morgan fingerprint density at radius 1 is 1.03 bits per heavy atom. The van der Waals surface area contributed by atoms with Crippen molar-refractivity contribution in [1.82, 2.24) is 0 Å². The number of oxime groups is 1. The van der Waals surface area contributed by atoms with Crippen molar-refractivity contribution in [3.05, 3.63) is 64.7 Å². The summed E-state index contributed by atoms with van der Waals surface area (Å²) in [6.07, 6.45) is -0.537. The maximum atomic E-state index is 11.2. The highest BCUT2D eigenvalue weighted by Gasteiger charge is 2.18. The fraction of sp³-hybridized carbons (Fsp3) is 0.391. The molecule has 2 aromatic carbocycles. The van der Waals surface area contributed by atoms with Gasteiger partial charge in [0.1, 0.15) is 24.7 Å². The van der Waals surface area contributed by atoms with E-state index in [4.69, 9.17) is 14.3 Å². The third-order valence-corrected chi connectivity index (χ3v) is 4.51. The van der Waals surface area contributed by atoms with Crippen LogP contribution in [0.2, 0.25) is 0 Å². The number of hydrogen-bond acceptors (Lipinski definition) is 5. The zero-order valence-electron chi connectivity index (χ0n) is 17.5. The van der Waals surface area contributed by atoms with Crippen LogP contribution in [0.5, 0.6) is 5.75 Å². The van der Waals surface area contributed by atoms with Crippen LogP contribution in [-0.4, -0.2) is 42.7 Å². The van der Waals surface area contributed by atoms with E-state index >= 15 is 0 Å². The van der Waals surface area contributed by atoms with E-state index in [0.29, 0.717) is 31.1 Å². The summed E-state index contributed by atoms with van der Waals surface area (Å²) in [5.74, 6) is -0.289. The number of carboxylic acid groups (broad SMARTS) is 1. The average molecular weight is 399 g/mol. The van der Waals surface area contributed by atoms with Crippen molar-refractivity contribution < 1.29 is 24.2 Å². The van der Waals surface area contributed by atoms with Crippen LogP contribution < -0.4 is 4.74 Å². The van der Waals surface area contributed by atoms with Crippen LogP contribution in [0.1, 0.15) is 36.1 Å². The first kappa shape index (κ1) is 22.4. The summed E-state index contributed by atoms with van der Waals surface area (Å²) in [4.78, 5) is 16.5. The molecule has 1 unspecified atom stereocenters. The third kappa shape index (κ3) is 6.91. The molecule has 0 saturated carbocycles. The summed E-state index contributed by atoms with van der Waals surface area (Å²) >= 11 is 0. The highest BCUT2D eigenvalue weighted by Crippen LogP contribution is 2.16. The topological polar surface area (TPSA) is 77.3 Å². The molecule has 6 nitrogen and oxygen atoms in total. The van der Waals surface area contributed by atoms with Crippen LogP contribution in [0.3, 0.4) is 0 Å². The van der Waals surface area contributed by atoms with Gasteiger partial charge in [0, 0.05) is 18.6 Å². The largest absolute Gasteiger partial charge is 0.487 e. The predicted molar refractivity (Wildman–Crippen MR) is 113 cm³/mol. The molecular formula is C23H29NO5. The monoisotopic (exact) mass is 399 g/mol. The van der Waals surface area contributed by atoms with Crippen LogP contribution in [0.4, 0.5) is 0 Å². The van der Waals surface area contributed by atoms with E-state index in [-0.39, 0.29) is 6.61 Å². The van der Waals surface area contributed by atoms with Crippen molar-refractivity contribution in [2.45, 2.75) is 40.2 Å². The summed E-state index contributed by atoms with van der Waals surface area (Å²) in [5.41, 5.74) is 4.93. The minimum atomic E-state index is -0.961. The number of rotatable bonds is 11. The van der Waals surface area contributed by atoms with E-state index in [2.05, 4.69) is 31.1 Å². The van der Waals surface area contributed by atoms with Crippen LogP contribution >= 0.6 is 0 Å². The van der Waals surface area contributed by atoms with Crippen LogP contribution in [-0.2, 0) is 20.8 Å². The second-order valence-electron chi connectivity index (χ2n) is 6.67. The van der Waals surface area contributed by atoms with Crippen molar-refractivity contribution in [2.24, 2.45) is 5.16 Å². The molecule has 0 radical (unpaired) electrons. The summed E-state index contributed by atoms with van der Waals surface area (Å²) in [6, 6.07) is 13.5. The van der Waals surface area contributed by atoms with E-state index in [1.54, 1.807) is 6.92 Å². The van der Waals surface area contributed by atoms with Crippen LogP contribution in [0.25, 0.3) is 0 Å². The van der Waals surface area contributed by atoms with Crippen molar-refractivity contribution in [2.75, 3.05) is 19.8 Å². The van der Waals surface area contributed by atoms with Crippen molar-refractivity contribution in [1.29, 1.82) is 0 Å². The first-order valence-electron chi connectivity index (χ1n) is 9.77. The van der Waals surface area contributed by atoms with Gasteiger partial charge in [0.05, 0.1) is 0 Å². The molecule has 0 fully saturated rings. The van der Waals surface area contributed by atoms with E-state index in [9.17, 15) is 9.90 Å². The SMILES string of the molecule is CCON=C(COc1ccc(CC(OCC)C(=O)O)cc1)c1ccc(C)c(C)c1. The second kappa shape index (κ2) is 11.2. The van der Waals surface area contributed by atoms with Crippen molar-refractivity contribution in [3.63, 3.8) is 0 Å². The number of aliphatic carboxylic acids is 1. The van der Waals surface area contributed by atoms with Gasteiger partial charge in [-0.2, -0.15) is 0 Å². The molecule has 0 aliphatic rings. The fourth-order valence-corrected chi connectivity index (χ4v) is 2.73. The lowest BCUT2D eigenvalue weighted by Crippen LogP contribution is -2.26. The van der Waals surface area contributed by atoms with E-state index in [0.717, 1.165) is 11.1 Å². The van der Waals surface area contributed by atoms with Crippen LogP contribution in [0, 0.1) is 13.8 Å². The second-order valence-corrected chi connectivity index (χ2v) is 6.67. The molecule has 2 aromatic rings. The lowest BCUT2D eigenvalue weighted by atomic mass is 10.0. The van der Waals surface area contributed by atoms with Gasteiger partial charge in [-0.3, -0.25) is 0 Å². The highest BCUT2D eigenvalue weighted by molar-refractivity contribution is 6.01. The number of carbonyl (C=O) groups is 1. The highest BCUT2D eigenvalue weighted by atomic mass is 16.6. The lowest BCUT2D eigenvalue weighted by Gasteiger charge is -2.13. The fourth-order valence-electron chi connectivity index (χ4n) is 2.73. The molecule has 0 bridgehead atoms. The molecule has 1 N–H and O–H groups in total. The van der Waals surface area contributed by atoms with Gasteiger partial charge in [0.2, 0.25) is 0 Å². The quantitative estimate of drug-likeness (QED) is 0.454. The summed E-state index contributed by atoms with van der Waals surface area (Å²) in [6.45, 7) is 8.89. The molecule has 0 spiro atoms. The summed E-state index contributed by atoms with van der Waals surface area (Å²) in [7, 11) is 0. The Morgan fingerprint density at radius 3 is 2.34 bits per heavy atom. The standard InChI is InChI=1S/C23H29NO5/c1-5-27-22(23(25)26)14-18-8-11-20(12-9-18)28-15-21(24-29-6-2)19-10-7-16(3)17(4)13-19/h7-13,22H,5-6,14-15H2,1-4H3,(H,25,26). The molecule has 2 rings (SSSR count). The Morgan fingerprint density at radius 2 is 1.76 bits per heavy atom. The minimum absolute atomic E-state index is 0.262. The molecule has 1 atom stereocenters. The molecule has 0 aliphatic carbocycles. The number of carboxylic acids is 1. The van der Waals surface area contributed by atoms with Gasteiger partial charge in [-0.1, -0.05) is 29.4 Å². The Kier molecular flexibility index (Phi) is 8.68. The zero-order valence-corrected chi connectivity index (χ0v) is 17.5. The third-order valence-electron chi connectivity index (χ3n) is 4.51. The first-order valence-corrected chi connectivity index (χ1v) is 9.77. The Labute approximate surface area is 172 Å². The van der Waals surface area contributed by atoms with Gasteiger partial charge < -0.3 is 19.4 Å².